The minimum absolute atomic E-state index is 0.121. The van der Waals surface area contributed by atoms with E-state index in [9.17, 15) is 0 Å². The van der Waals surface area contributed by atoms with Crippen molar-refractivity contribution in [1.29, 1.82) is 0 Å². The smallest absolute Gasteiger partial charge is 0.228 e. The minimum Gasteiger partial charge on any atom is -0.455 e. The Morgan fingerprint density at radius 1 is 0.756 bits per heavy atom. The molecular formula is C38H40NOS+. The van der Waals surface area contributed by atoms with Gasteiger partial charge in [0.2, 0.25) is 5.69 Å². The molecule has 0 fully saturated rings. The maximum Gasteiger partial charge on any atom is 0.228 e. The summed E-state index contributed by atoms with van der Waals surface area (Å²) in [6.45, 7) is 18.4. The highest BCUT2D eigenvalue weighted by molar-refractivity contribution is 7.26. The topological polar surface area (TPSA) is 13.1 Å². The molecule has 4 aromatic carbocycles. The summed E-state index contributed by atoms with van der Waals surface area (Å²) in [4.78, 5) is 0. The molecule has 0 atom stereocenters. The van der Waals surface area contributed by atoms with Crippen molar-refractivity contribution in [2.75, 3.05) is 0 Å². The van der Waals surface area contributed by atoms with Crippen molar-refractivity contribution in [3.8, 4) is 22.8 Å². The van der Waals surface area contributed by atoms with E-state index < -0.39 is 0 Å². The number of hydrogen-bond donors (Lipinski definition) is 0. The molecule has 1 aliphatic heterocycles. The van der Waals surface area contributed by atoms with Crippen LogP contribution in [0.1, 0.15) is 63.8 Å². The first-order valence-electron chi connectivity index (χ1n) is 14.8. The molecule has 7 rings (SSSR count). The number of fused-ring (bicyclic) bond motifs is 7. The molecule has 0 saturated carbocycles. The summed E-state index contributed by atoms with van der Waals surface area (Å²) in [6, 6.07) is 18.6. The molecule has 0 saturated heterocycles. The number of benzene rings is 4. The van der Waals surface area contributed by atoms with Gasteiger partial charge in [0.25, 0.3) is 0 Å². The number of nitrogens with zero attached hydrogens (tertiary/aromatic N) is 1. The minimum atomic E-state index is 0.121. The summed E-state index contributed by atoms with van der Waals surface area (Å²) in [5, 5.41) is 7.81. The standard InChI is InChI=1S/C38H40NOS/c1-21-10-12-24-26(16-21)22(2)32-34-33-25(14-15-39(34)9)36-28(18-30(33)40-35(32)29(24)20-38(6,7)8)27-17-23(19-37(3,4)5)11-13-31(27)41-36/h10-18H,19-20H2,1-9H3/q+1. The number of thiophene rings is 1. The van der Waals surface area contributed by atoms with Gasteiger partial charge in [0, 0.05) is 37.2 Å². The molecule has 0 spiro atoms. The summed E-state index contributed by atoms with van der Waals surface area (Å²) in [5.41, 5.74) is 8.19. The van der Waals surface area contributed by atoms with Gasteiger partial charge in [-0.3, -0.25) is 0 Å². The molecule has 208 valence electrons. The Kier molecular flexibility index (Phi) is 5.67. The van der Waals surface area contributed by atoms with Gasteiger partial charge in [0.05, 0.1) is 10.9 Å². The van der Waals surface area contributed by atoms with Crippen LogP contribution < -0.4 is 9.30 Å². The molecule has 3 heteroatoms. The third kappa shape index (κ3) is 4.24. The second-order valence-electron chi connectivity index (χ2n) is 14.7. The molecule has 41 heavy (non-hydrogen) atoms. The number of aromatic nitrogens is 1. The summed E-state index contributed by atoms with van der Waals surface area (Å²) >= 11 is 1.91. The van der Waals surface area contributed by atoms with E-state index in [0.717, 1.165) is 24.3 Å². The zero-order valence-electron chi connectivity index (χ0n) is 25.9. The van der Waals surface area contributed by atoms with Crippen molar-refractivity contribution >= 4 is 53.1 Å². The van der Waals surface area contributed by atoms with Crippen LogP contribution in [0.15, 0.2) is 54.7 Å². The summed E-state index contributed by atoms with van der Waals surface area (Å²) < 4.78 is 12.1. The first-order valence-corrected chi connectivity index (χ1v) is 15.7. The summed E-state index contributed by atoms with van der Waals surface area (Å²) in [5.74, 6) is 2.02. The van der Waals surface area contributed by atoms with E-state index in [1.54, 1.807) is 0 Å². The number of pyridine rings is 1. The van der Waals surface area contributed by atoms with Gasteiger partial charge in [-0.05, 0) is 77.6 Å². The van der Waals surface area contributed by atoms with E-state index in [4.69, 9.17) is 4.74 Å². The van der Waals surface area contributed by atoms with Crippen molar-refractivity contribution in [3.05, 3.63) is 77.0 Å². The lowest BCUT2D eigenvalue weighted by molar-refractivity contribution is -0.659. The zero-order valence-corrected chi connectivity index (χ0v) is 26.7. The first-order chi connectivity index (χ1) is 19.3. The van der Waals surface area contributed by atoms with E-state index in [-0.39, 0.29) is 10.8 Å². The van der Waals surface area contributed by atoms with Crippen LogP contribution >= 0.6 is 11.3 Å². The van der Waals surface area contributed by atoms with Crippen LogP contribution in [0.3, 0.4) is 0 Å². The van der Waals surface area contributed by atoms with Gasteiger partial charge in [-0.15, -0.1) is 11.3 Å². The fourth-order valence-corrected chi connectivity index (χ4v) is 8.12. The highest BCUT2D eigenvalue weighted by Gasteiger charge is 2.35. The van der Waals surface area contributed by atoms with Gasteiger partial charge in [-0.2, -0.15) is 0 Å². The van der Waals surface area contributed by atoms with Crippen LogP contribution in [0.25, 0.3) is 53.0 Å². The van der Waals surface area contributed by atoms with Crippen LogP contribution in [-0.4, -0.2) is 0 Å². The molecule has 2 nitrogen and oxygen atoms in total. The SMILES string of the molecule is Cc1ccc2c(CC(C)(C)C)c3c(c(C)c2c1)-c1c2c(cc4c5cc(CC(C)(C)C)ccc5sc4c2cc[n+]1C)O3. The predicted molar refractivity (Wildman–Crippen MR) is 177 cm³/mol. The second kappa shape index (κ2) is 8.79. The Morgan fingerprint density at radius 3 is 2.24 bits per heavy atom. The molecule has 0 N–H and O–H groups in total. The van der Waals surface area contributed by atoms with Crippen LogP contribution in [0.4, 0.5) is 0 Å². The normalized spacial score (nSPS) is 13.4. The monoisotopic (exact) mass is 558 g/mol. The summed E-state index contributed by atoms with van der Waals surface area (Å²) in [6.07, 6.45) is 4.26. The van der Waals surface area contributed by atoms with Crippen molar-refractivity contribution in [1.82, 2.24) is 0 Å². The van der Waals surface area contributed by atoms with E-state index >= 15 is 0 Å². The molecule has 0 amide bonds. The van der Waals surface area contributed by atoms with E-state index in [1.165, 1.54) is 75.2 Å². The predicted octanol–water partition coefficient (Wildman–Crippen LogP) is 10.8. The van der Waals surface area contributed by atoms with E-state index in [1.807, 2.05) is 11.3 Å². The Morgan fingerprint density at radius 2 is 1.51 bits per heavy atom. The lowest BCUT2D eigenvalue weighted by atomic mass is 9.81. The quantitative estimate of drug-likeness (QED) is 0.192. The second-order valence-corrected chi connectivity index (χ2v) is 15.7. The maximum absolute atomic E-state index is 7.13. The molecule has 6 aromatic rings. The molecule has 3 heterocycles. The molecule has 0 bridgehead atoms. The molecule has 0 aliphatic carbocycles. The Hall–Kier alpha value is -3.43. The first kappa shape index (κ1) is 26.5. The van der Waals surface area contributed by atoms with Crippen LogP contribution in [0.2, 0.25) is 0 Å². The van der Waals surface area contributed by atoms with Crippen LogP contribution in [-0.2, 0) is 19.9 Å². The lowest BCUT2D eigenvalue weighted by Crippen LogP contribution is -2.32. The molecular weight excluding hydrogens is 518 g/mol. The van der Waals surface area contributed by atoms with Gasteiger partial charge >= 0.3 is 0 Å². The van der Waals surface area contributed by atoms with Gasteiger partial charge in [-0.1, -0.05) is 71.4 Å². The number of hydrogen-bond acceptors (Lipinski definition) is 2. The van der Waals surface area contributed by atoms with Crippen LogP contribution in [0, 0.1) is 24.7 Å². The largest absolute Gasteiger partial charge is 0.455 e. The van der Waals surface area contributed by atoms with Gasteiger partial charge in [0.15, 0.2) is 6.20 Å². The highest BCUT2D eigenvalue weighted by atomic mass is 32.1. The van der Waals surface area contributed by atoms with Crippen LogP contribution in [0.5, 0.6) is 11.5 Å². The fraction of sp³-hybridized carbons (Fsp3) is 0.342. The number of rotatable bonds is 2. The maximum atomic E-state index is 7.13. The number of ether oxygens (including phenoxy) is 1. The van der Waals surface area contributed by atoms with E-state index in [2.05, 4.69) is 122 Å². The number of aryl methyl sites for hydroxylation is 3. The van der Waals surface area contributed by atoms with Crippen molar-refractivity contribution in [2.24, 2.45) is 17.9 Å². The average Bonchev–Trinajstić information content (AvgIpc) is 3.24. The van der Waals surface area contributed by atoms with Gasteiger partial charge < -0.3 is 4.74 Å². The van der Waals surface area contributed by atoms with Gasteiger partial charge in [-0.25, -0.2) is 4.57 Å². The summed E-state index contributed by atoms with van der Waals surface area (Å²) in [7, 11) is 2.19. The average molecular weight is 559 g/mol. The van der Waals surface area contributed by atoms with E-state index in [0.29, 0.717) is 0 Å². The Balaban J connectivity index is 1.59. The molecule has 1 aliphatic rings. The van der Waals surface area contributed by atoms with Crippen molar-refractivity contribution in [3.63, 3.8) is 0 Å². The molecule has 2 aromatic heterocycles. The lowest BCUT2D eigenvalue weighted by Gasteiger charge is -2.28. The van der Waals surface area contributed by atoms with Crippen molar-refractivity contribution < 1.29 is 9.30 Å². The zero-order chi connectivity index (χ0) is 29.0. The molecule has 0 radical (unpaired) electrons. The third-order valence-corrected chi connectivity index (χ3v) is 9.77. The van der Waals surface area contributed by atoms with Crippen molar-refractivity contribution in [2.45, 2.75) is 68.2 Å². The fourth-order valence-electron chi connectivity index (χ4n) is 6.92. The highest BCUT2D eigenvalue weighted by Crippen LogP contribution is 2.54. The Bertz CT molecular complexity index is 2060. The van der Waals surface area contributed by atoms with Gasteiger partial charge in [0.1, 0.15) is 18.5 Å². The third-order valence-electron chi connectivity index (χ3n) is 8.55. The Labute approximate surface area is 247 Å². The molecule has 0 unspecified atom stereocenters.